The van der Waals surface area contributed by atoms with Crippen molar-refractivity contribution in [3.8, 4) is 0 Å². The molecule has 1 heterocycles. The van der Waals surface area contributed by atoms with Crippen LogP contribution < -0.4 is 5.32 Å². The van der Waals surface area contributed by atoms with Crippen LogP contribution in [-0.2, 0) is 17.4 Å². The van der Waals surface area contributed by atoms with Crippen LogP contribution in [0.1, 0.15) is 11.1 Å². The average molecular weight is 307 g/mol. The van der Waals surface area contributed by atoms with Gasteiger partial charge in [-0.15, -0.1) is 0 Å². The van der Waals surface area contributed by atoms with E-state index in [2.05, 4.69) is 10.4 Å². The molecule has 1 aromatic heterocycles. The minimum atomic E-state index is -1.78. The van der Waals surface area contributed by atoms with Crippen molar-refractivity contribution < 1.29 is 9.90 Å². The Morgan fingerprint density at radius 1 is 1.04 bits per heavy atom. The first-order chi connectivity index (χ1) is 11.1. The number of nitrogens with one attached hydrogen (secondary N) is 1. The van der Waals surface area contributed by atoms with Crippen LogP contribution in [0.5, 0.6) is 0 Å². The second-order valence-electron chi connectivity index (χ2n) is 5.30. The van der Waals surface area contributed by atoms with Gasteiger partial charge in [-0.25, -0.2) is 0 Å². The summed E-state index contributed by atoms with van der Waals surface area (Å²) >= 11 is 0. The number of aromatic nitrogens is 2. The van der Waals surface area contributed by atoms with E-state index in [0.29, 0.717) is 16.8 Å². The van der Waals surface area contributed by atoms with Crippen molar-refractivity contribution in [1.29, 1.82) is 0 Å². The quantitative estimate of drug-likeness (QED) is 0.777. The summed E-state index contributed by atoms with van der Waals surface area (Å²) in [6.07, 6.45) is 3.21. The third kappa shape index (κ3) is 2.86. The molecule has 0 aliphatic carbocycles. The minimum absolute atomic E-state index is 0.507. The van der Waals surface area contributed by atoms with Gasteiger partial charge in [-0.05, 0) is 11.1 Å². The Bertz CT molecular complexity index is 758. The normalized spacial score (nSPS) is 11.2. The first-order valence-electron chi connectivity index (χ1n) is 7.24. The lowest BCUT2D eigenvalue weighted by Crippen LogP contribution is -2.41. The molecule has 0 saturated heterocycles. The van der Waals surface area contributed by atoms with Gasteiger partial charge >= 0.3 is 0 Å². The van der Waals surface area contributed by atoms with Gasteiger partial charge in [0.05, 0.1) is 11.9 Å². The van der Waals surface area contributed by atoms with Gasteiger partial charge in [-0.1, -0.05) is 60.7 Å². The summed E-state index contributed by atoms with van der Waals surface area (Å²) in [7, 11) is 1.76. The number of carbonyl (C=O) groups excluding carboxylic acids is 1. The molecule has 5 nitrogen and oxygen atoms in total. The number of nitrogens with zero attached hydrogens (tertiary/aromatic N) is 2. The van der Waals surface area contributed by atoms with Crippen LogP contribution in [0, 0.1) is 0 Å². The topological polar surface area (TPSA) is 67.2 Å². The molecule has 0 radical (unpaired) electrons. The van der Waals surface area contributed by atoms with Gasteiger partial charge in [0.25, 0.3) is 5.91 Å². The lowest BCUT2D eigenvalue weighted by molar-refractivity contribution is -0.131. The van der Waals surface area contributed by atoms with Gasteiger partial charge in [0.15, 0.2) is 5.60 Å². The van der Waals surface area contributed by atoms with Crippen LogP contribution >= 0.6 is 0 Å². The van der Waals surface area contributed by atoms with E-state index >= 15 is 0 Å². The van der Waals surface area contributed by atoms with Crippen molar-refractivity contribution >= 4 is 11.6 Å². The van der Waals surface area contributed by atoms with Crippen molar-refractivity contribution in [2.45, 2.75) is 5.60 Å². The smallest absolute Gasteiger partial charge is 0.265 e. The summed E-state index contributed by atoms with van der Waals surface area (Å²) in [6, 6.07) is 17.8. The van der Waals surface area contributed by atoms with E-state index < -0.39 is 11.5 Å². The molecule has 2 aromatic carbocycles. The Labute approximate surface area is 134 Å². The fraction of sp³-hybridized carbons (Fsp3) is 0.111. The zero-order valence-corrected chi connectivity index (χ0v) is 12.7. The van der Waals surface area contributed by atoms with Crippen LogP contribution in [-0.4, -0.2) is 20.8 Å². The molecule has 0 unspecified atom stereocenters. The first kappa shape index (κ1) is 15.0. The van der Waals surface area contributed by atoms with Crippen molar-refractivity contribution in [3.05, 3.63) is 84.2 Å². The Morgan fingerprint density at radius 3 is 2.00 bits per heavy atom. The predicted octanol–water partition coefficient (Wildman–Crippen LogP) is 2.29. The van der Waals surface area contributed by atoms with Gasteiger partial charge in [0.2, 0.25) is 0 Å². The highest BCUT2D eigenvalue weighted by Gasteiger charge is 2.39. The zero-order valence-electron chi connectivity index (χ0n) is 12.7. The predicted molar refractivity (Wildman–Crippen MR) is 87.7 cm³/mol. The number of anilines is 1. The van der Waals surface area contributed by atoms with Gasteiger partial charge in [0, 0.05) is 13.2 Å². The molecule has 0 atom stereocenters. The second-order valence-corrected chi connectivity index (χ2v) is 5.30. The highest BCUT2D eigenvalue weighted by atomic mass is 16.3. The maximum Gasteiger partial charge on any atom is 0.265 e. The van der Waals surface area contributed by atoms with Crippen LogP contribution in [0.4, 0.5) is 5.69 Å². The maximum absolute atomic E-state index is 12.8. The Hall–Kier alpha value is -2.92. The lowest BCUT2D eigenvalue weighted by Gasteiger charge is -2.27. The number of carbonyl (C=O) groups is 1. The SMILES string of the molecule is Cn1cc(NC(=O)C(O)(c2ccccc2)c2ccccc2)cn1. The summed E-state index contributed by atoms with van der Waals surface area (Å²) in [5.74, 6) is -0.525. The van der Waals surface area contributed by atoms with E-state index in [4.69, 9.17) is 0 Å². The molecule has 5 heteroatoms. The highest BCUT2D eigenvalue weighted by molar-refractivity contribution is 6.00. The van der Waals surface area contributed by atoms with Gasteiger partial charge in [-0.3, -0.25) is 9.48 Å². The van der Waals surface area contributed by atoms with Crippen LogP contribution in [0.25, 0.3) is 0 Å². The molecule has 116 valence electrons. The Kier molecular flexibility index (Phi) is 3.95. The molecule has 0 aliphatic heterocycles. The van der Waals surface area contributed by atoms with Crippen LogP contribution in [0.3, 0.4) is 0 Å². The van der Waals surface area contributed by atoms with Crippen molar-refractivity contribution in [1.82, 2.24) is 9.78 Å². The fourth-order valence-electron chi connectivity index (χ4n) is 2.49. The number of aryl methyl sites for hydroxylation is 1. The summed E-state index contributed by atoms with van der Waals surface area (Å²) in [5, 5.41) is 18.0. The van der Waals surface area contributed by atoms with E-state index in [9.17, 15) is 9.90 Å². The van der Waals surface area contributed by atoms with Crippen molar-refractivity contribution in [3.63, 3.8) is 0 Å². The van der Waals surface area contributed by atoms with Gasteiger partial charge in [0.1, 0.15) is 0 Å². The number of rotatable bonds is 4. The molecular weight excluding hydrogens is 290 g/mol. The largest absolute Gasteiger partial charge is 0.372 e. The van der Waals surface area contributed by atoms with Crippen LogP contribution in [0.15, 0.2) is 73.1 Å². The van der Waals surface area contributed by atoms with E-state index in [1.54, 1.807) is 66.5 Å². The molecule has 1 amide bonds. The second kappa shape index (κ2) is 6.06. The number of hydrogen-bond acceptors (Lipinski definition) is 3. The number of aliphatic hydroxyl groups is 1. The molecule has 2 N–H and O–H groups in total. The summed E-state index contributed by atoms with van der Waals surface area (Å²) in [5.41, 5.74) is -0.235. The van der Waals surface area contributed by atoms with E-state index in [1.165, 1.54) is 6.20 Å². The highest BCUT2D eigenvalue weighted by Crippen LogP contribution is 2.31. The molecule has 0 spiro atoms. The first-order valence-corrected chi connectivity index (χ1v) is 7.24. The molecule has 0 bridgehead atoms. The molecule has 0 saturated carbocycles. The van der Waals surface area contributed by atoms with Crippen molar-refractivity contribution in [2.24, 2.45) is 7.05 Å². The van der Waals surface area contributed by atoms with Crippen LogP contribution in [0.2, 0.25) is 0 Å². The Balaban J connectivity index is 2.03. The summed E-state index contributed by atoms with van der Waals surface area (Å²) in [6.45, 7) is 0. The average Bonchev–Trinajstić information content (AvgIpc) is 3.00. The molecule has 3 aromatic rings. The Morgan fingerprint density at radius 2 is 1.57 bits per heavy atom. The van der Waals surface area contributed by atoms with E-state index in [0.717, 1.165) is 0 Å². The van der Waals surface area contributed by atoms with Gasteiger partial charge < -0.3 is 10.4 Å². The molecule has 0 fully saturated rings. The monoisotopic (exact) mass is 307 g/mol. The zero-order chi connectivity index (χ0) is 16.3. The number of amides is 1. The third-order valence-corrected chi connectivity index (χ3v) is 3.67. The third-order valence-electron chi connectivity index (χ3n) is 3.67. The van der Waals surface area contributed by atoms with Crippen molar-refractivity contribution in [2.75, 3.05) is 5.32 Å². The molecule has 3 rings (SSSR count). The minimum Gasteiger partial charge on any atom is -0.372 e. The lowest BCUT2D eigenvalue weighted by atomic mass is 9.85. The summed E-state index contributed by atoms with van der Waals surface area (Å²) < 4.78 is 1.58. The fourth-order valence-corrected chi connectivity index (χ4v) is 2.49. The molecular formula is C18H17N3O2. The van der Waals surface area contributed by atoms with E-state index in [-0.39, 0.29) is 0 Å². The molecule has 23 heavy (non-hydrogen) atoms. The van der Waals surface area contributed by atoms with Gasteiger partial charge in [-0.2, -0.15) is 5.10 Å². The number of hydrogen-bond donors (Lipinski definition) is 2. The maximum atomic E-state index is 12.8. The number of benzene rings is 2. The standard InChI is InChI=1S/C18H17N3O2/c1-21-13-16(12-19-21)20-17(22)18(23,14-8-4-2-5-9-14)15-10-6-3-7-11-15/h2-13,23H,1H3,(H,20,22). The molecule has 0 aliphatic rings. The van der Waals surface area contributed by atoms with E-state index in [1.807, 2.05) is 12.1 Å². The summed E-state index contributed by atoms with van der Waals surface area (Å²) in [4.78, 5) is 12.8.